The third-order valence-electron chi connectivity index (χ3n) is 0.789. The van der Waals surface area contributed by atoms with Crippen molar-refractivity contribution < 1.29 is 9.53 Å². The highest BCUT2D eigenvalue weighted by Gasteiger charge is 1.86. The van der Waals surface area contributed by atoms with Crippen LogP contribution >= 0.6 is 11.6 Å². The summed E-state index contributed by atoms with van der Waals surface area (Å²) in [5.74, 6) is 0.519. The highest BCUT2D eigenvalue weighted by atomic mass is 35.5. The molecule has 0 N–H and O–H groups in total. The maximum Gasteiger partial charge on any atom is 0.198 e. The molecule has 0 aliphatic heterocycles. The Balaban J connectivity index is 2.66. The predicted molar refractivity (Wildman–Crippen MR) is 36.5 cm³/mol. The Labute approximate surface area is 60.1 Å². The third-order valence-corrected chi connectivity index (χ3v) is 0.943. The van der Waals surface area contributed by atoms with Crippen molar-refractivity contribution in [3.63, 3.8) is 0 Å². The standard InChI is InChI=1S/C6H10ClO2/c7-3-6-9-5-2-1-4-8/h1-3,5-6H2. The minimum atomic E-state index is 0.461. The van der Waals surface area contributed by atoms with Crippen molar-refractivity contribution in [2.24, 2.45) is 0 Å². The zero-order valence-electron chi connectivity index (χ0n) is 5.23. The molecule has 0 rings (SSSR count). The molecule has 0 aliphatic rings. The number of unbranched alkanes of at least 4 members (excludes halogenated alkanes) is 1. The highest BCUT2D eigenvalue weighted by Crippen LogP contribution is 1.86. The fourth-order valence-electron chi connectivity index (χ4n) is 0.403. The molecular formula is C6H10ClO2. The second kappa shape index (κ2) is 7.92. The summed E-state index contributed by atoms with van der Waals surface area (Å²) in [6, 6.07) is 0. The molecule has 1 radical (unpaired) electrons. The molecule has 9 heavy (non-hydrogen) atoms. The van der Waals surface area contributed by atoms with Gasteiger partial charge in [0.1, 0.15) is 0 Å². The van der Waals surface area contributed by atoms with Gasteiger partial charge in [0.25, 0.3) is 0 Å². The van der Waals surface area contributed by atoms with E-state index in [0.717, 1.165) is 6.42 Å². The van der Waals surface area contributed by atoms with Crippen LogP contribution in [0.4, 0.5) is 0 Å². The number of halogens is 1. The summed E-state index contributed by atoms with van der Waals surface area (Å²) in [7, 11) is 0. The SMILES string of the molecule is O=[C]CCCOCCCl. The Morgan fingerprint density at radius 2 is 2.22 bits per heavy atom. The van der Waals surface area contributed by atoms with Crippen molar-refractivity contribution in [2.75, 3.05) is 19.1 Å². The van der Waals surface area contributed by atoms with E-state index < -0.39 is 0 Å². The zero-order chi connectivity index (χ0) is 6.95. The Morgan fingerprint density at radius 3 is 2.78 bits per heavy atom. The van der Waals surface area contributed by atoms with E-state index in [1.807, 2.05) is 0 Å². The quantitative estimate of drug-likeness (QED) is 0.418. The van der Waals surface area contributed by atoms with Gasteiger partial charge in [-0.1, -0.05) is 0 Å². The molecule has 0 aromatic heterocycles. The van der Waals surface area contributed by atoms with Crippen molar-refractivity contribution in [1.82, 2.24) is 0 Å². The molecule has 0 aliphatic carbocycles. The molecule has 0 heterocycles. The van der Waals surface area contributed by atoms with Crippen LogP contribution in [-0.4, -0.2) is 25.4 Å². The van der Waals surface area contributed by atoms with Gasteiger partial charge in [0.15, 0.2) is 6.29 Å². The van der Waals surface area contributed by atoms with Gasteiger partial charge in [0, 0.05) is 18.9 Å². The molecule has 0 fully saturated rings. The average Bonchev–Trinajstić information content (AvgIpc) is 1.89. The van der Waals surface area contributed by atoms with E-state index in [0.29, 0.717) is 25.5 Å². The predicted octanol–water partition coefficient (Wildman–Crippen LogP) is 1.13. The van der Waals surface area contributed by atoms with Crippen molar-refractivity contribution in [3.8, 4) is 0 Å². The van der Waals surface area contributed by atoms with Gasteiger partial charge in [0.05, 0.1) is 6.61 Å². The number of hydrogen-bond donors (Lipinski definition) is 0. The van der Waals surface area contributed by atoms with Crippen LogP contribution in [0.2, 0.25) is 0 Å². The number of ether oxygens (including phenoxy) is 1. The zero-order valence-corrected chi connectivity index (χ0v) is 5.99. The highest BCUT2D eigenvalue weighted by molar-refractivity contribution is 6.17. The van der Waals surface area contributed by atoms with Gasteiger partial charge in [-0.15, -0.1) is 11.6 Å². The van der Waals surface area contributed by atoms with Gasteiger partial charge < -0.3 is 4.74 Å². The molecule has 3 heteroatoms. The van der Waals surface area contributed by atoms with E-state index >= 15 is 0 Å². The average molecular weight is 150 g/mol. The summed E-state index contributed by atoms with van der Waals surface area (Å²) < 4.78 is 4.97. The van der Waals surface area contributed by atoms with Crippen molar-refractivity contribution in [3.05, 3.63) is 0 Å². The minimum absolute atomic E-state index is 0.461. The van der Waals surface area contributed by atoms with Gasteiger partial charge in [-0.25, -0.2) is 0 Å². The van der Waals surface area contributed by atoms with Gasteiger partial charge in [-0.05, 0) is 6.42 Å². The summed E-state index contributed by atoms with van der Waals surface area (Å²) in [6.07, 6.45) is 2.99. The monoisotopic (exact) mass is 149 g/mol. The second-order valence-electron chi connectivity index (χ2n) is 1.55. The van der Waals surface area contributed by atoms with Crippen LogP contribution in [0.1, 0.15) is 12.8 Å². The first-order valence-electron chi connectivity index (χ1n) is 2.90. The van der Waals surface area contributed by atoms with Gasteiger partial charge >= 0.3 is 0 Å². The molecule has 0 saturated heterocycles. The number of carbonyl (C=O) groups excluding carboxylic acids is 1. The number of alkyl halides is 1. The molecular weight excluding hydrogens is 140 g/mol. The van der Waals surface area contributed by atoms with E-state index in [4.69, 9.17) is 16.3 Å². The van der Waals surface area contributed by atoms with E-state index in [1.54, 1.807) is 6.29 Å². The molecule has 0 bridgehead atoms. The van der Waals surface area contributed by atoms with Crippen LogP contribution in [0.15, 0.2) is 0 Å². The van der Waals surface area contributed by atoms with Crippen LogP contribution < -0.4 is 0 Å². The molecule has 53 valence electrons. The largest absolute Gasteiger partial charge is 0.380 e. The first kappa shape index (κ1) is 8.92. The molecule has 0 saturated carbocycles. The molecule has 0 spiro atoms. The summed E-state index contributed by atoms with van der Waals surface area (Å²) in [5, 5.41) is 0. The lowest BCUT2D eigenvalue weighted by Crippen LogP contribution is -1.97. The number of rotatable bonds is 6. The molecule has 0 atom stereocenters. The van der Waals surface area contributed by atoms with Crippen LogP contribution in [0, 0.1) is 0 Å². The Bertz CT molecular complexity index is 66.1. The molecule has 0 aromatic rings. The van der Waals surface area contributed by atoms with Crippen LogP contribution in [-0.2, 0) is 9.53 Å². The lowest BCUT2D eigenvalue weighted by molar-refractivity contribution is 0.148. The number of hydrogen-bond acceptors (Lipinski definition) is 2. The topological polar surface area (TPSA) is 26.3 Å². The smallest absolute Gasteiger partial charge is 0.198 e. The Kier molecular flexibility index (Phi) is 7.85. The second-order valence-corrected chi connectivity index (χ2v) is 1.93. The van der Waals surface area contributed by atoms with Gasteiger partial charge in [-0.3, -0.25) is 4.79 Å². The van der Waals surface area contributed by atoms with Gasteiger partial charge in [-0.2, -0.15) is 0 Å². The van der Waals surface area contributed by atoms with Crippen LogP contribution in [0.25, 0.3) is 0 Å². The molecule has 0 aromatic carbocycles. The van der Waals surface area contributed by atoms with Crippen LogP contribution in [0.5, 0.6) is 0 Å². The minimum Gasteiger partial charge on any atom is -0.380 e. The fraction of sp³-hybridized carbons (Fsp3) is 0.833. The summed E-state index contributed by atoms with van der Waals surface area (Å²) in [5.41, 5.74) is 0. The summed E-state index contributed by atoms with van der Waals surface area (Å²) in [4.78, 5) is 9.63. The molecule has 0 unspecified atom stereocenters. The third kappa shape index (κ3) is 7.92. The van der Waals surface area contributed by atoms with Crippen molar-refractivity contribution in [2.45, 2.75) is 12.8 Å². The molecule has 0 amide bonds. The summed E-state index contributed by atoms with van der Waals surface area (Å²) in [6.45, 7) is 1.18. The first-order valence-corrected chi connectivity index (χ1v) is 3.44. The maximum atomic E-state index is 9.63. The van der Waals surface area contributed by atoms with Crippen molar-refractivity contribution >= 4 is 17.9 Å². The lowest BCUT2D eigenvalue weighted by Gasteiger charge is -1.96. The fourth-order valence-corrected chi connectivity index (χ4v) is 0.512. The molecule has 2 nitrogen and oxygen atoms in total. The van der Waals surface area contributed by atoms with E-state index in [2.05, 4.69) is 0 Å². The normalized spacial score (nSPS) is 9.44. The lowest BCUT2D eigenvalue weighted by atomic mass is 10.3. The van der Waals surface area contributed by atoms with E-state index in [-0.39, 0.29) is 0 Å². The van der Waals surface area contributed by atoms with Gasteiger partial charge in [0.2, 0.25) is 0 Å². The van der Waals surface area contributed by atoms with E-state index in [9.17, 15) is 4.79 Å². The summed E-state index contributed by atoms with van der Waals surface area (Å²) >= 11 is 5.31. The van der Waals surface area contributed by atoms with Crippen molar-refractivity contribution in [1.29, 1.82) is 0 Å². The van der Waals surface area contributed by atoms with Crippen LogP contribution in [0.3, 0.4) is 0 Å². The Morgan fingerprint density at radius 1 is 1.44 bits per heavy atom. The first-order chi connectivity index (χ1) is 4.41. The Hall–Kier alpha value is -0.0800. The maximum absolute atomic E-state index is 9.63. The van der Waals surface area contributed by atoms with E-state index in [1.165, 1.54) is 0 Å².